The molecule has 0 saturated heterocycles. The largest absolute Gasteiger partial charge is 0.435 e. The lowest BCUT2D eigenvalue weighted by molar-refractivity contribution is -0.142. The zero-order chi connectivity index (χ0) is 20.1. The number of ketones is 2. The monoisotopic (exact) mass is 378 g/mol. The summed E-state index contributed by atoms with van der Waals surface area (Å²) in [5, 5.41) is 3.48. The Labute approximate surface area is 155 Å². The molecule has 0 amide bonds. The smallest absolute Gasteiger partial charge is 0.298 e. The highest BCUT2D eigenvalue weighted by Crippen LogP contribution is 2.39. The maximum atomic E-state index is 13.2. The molecule has 7 heteroatoms. The van der Waals surface area contributed by atoms with Crippen LogP contribution in [-0.2, 0) is 29.2 Å². The van der Waals surface area contributed by atoms with Gasteiger partial charge >= 0.3 is 6.18 Å². The Balaban J connectivity index is 1.93. The Hall–Kier alpha value is -2.44. The van der Waals surface area contributed by atoms with E-state index in [1.165, 1.54) is 13.2 Å². The van der Waals surface area contributed by atoms with Crippen molar-refractivity contribution in [1.82, 2.24) is 9.78 Å². The molecule has 0 bridgehead atoms. The molecule has 1 heterocycles. The van der Waals surface area contributed by atoms with E-state index in [2.05, 4.69) is 5.10 Å². The molecule has 1 aliphatic carbocycles. The molecule has 0 N–H and O–H groups in total. The molecule has 1 aliphatic rings. The van der Waals surface area contributed by atoms with Crippen LogP contribution in [0.5, 0.6) is 0 Å². The molecule has 1 fully saturated rings. The van der Waals surface area contributed by atoms with Crippen LogP contribution in [0.4, 0.5) is 13.2 Å². The average Bonchev–Trinajstić information content (AvgIpc) is 3.01. The van der Waals surface area contributed by atoms with Gasteiger partial charge < -0.3 is 0 Å². The zero-order valence-corrected chi connectivity index (χ0v) is 15.6. The molecule has 2 aromatic rings. The lowest BCUT2D eigenvalue weighted by atomic mass is 9.86. The molecule has 1 aromatic carbocycles. The first-order valence-electron chi connectivity index (χ1n) is 8.73. The Morgan fingerprint density at radius 1 is 1.15 bits per heavy atom. The van der Waals surface area contributed by atoms with Crippen molar-refractivity contribution in [3.63, 3.8) is 0 Å². The van der Waals surface area contributed by atoms with Gasteiger partial charge in [0, 0.05) is 31.1 Å². The summed E-state index contributed by atoms with van der Waals surface area (Å²) in [7, 11) is 1.40. The van der Waals surface area contributed by atoms with E-state index in [0.717, 1.165) is 21.4 Å². The Kier molecular flexibility index (Phi) is 4.74. The van der Waals surface area contributed by atoms with Crippen molar-refractivity contribution in [2.24, 2.45) is 13.0 Å². The number of hydrogen-bond acceptors (Lipinski definition) is 3. The predicted molar refractivity (Wildman–Crippen MR) is 93.4 cm³/mol. The van der Waals surface area contributed by atoms with E-state index in [9.17, 15) is 22.8 Å². The summed E-state index contributed by atoms with van der Waals surface area (Å²) in [5.41, 5.74) is 2.41. The van der Waals surface area contributed by atoms with E-state index in [1.807, 2.05) is 32.9 Å². The number of halogens is 3. The van der Waals surface area contributed by atoms with Gasteiger partial charge in [-0.1, -0.05) is 17.7 Å². The number of hydrogen-bond donors (Lipinski definition) is 0. The van der Waals surface area contributed by atoms with E-state index in [4.69, 9.17) is 0 Å². The number of nitrogens with zero attached hydrogens (tertiary/aromatic N) is 2. The molecule has 1 saturated carbocycles. The molecule has 2 atom stereocenters. The summed E-state index contributed by atoms with van der Waals surface area (Å²) in [5.74, 6) is -2.17. The van der Waals surface area contributed by atoms with Crippen molar-refractivity contribution in [1.29, 1.82) is 0 Å². The fourth-order valence-corrected chi connectivity index (χ4v) is 4.17. The number of carbonyl (C=O) groups is 2. The van der Waals surface area contributed by atoms with Crippen molar-refractivity contribution in [3.05, 3.63) is 51.8 Å². The number of aromatic nitrogens is 2. The third-order valence-electron chi connectivity index (χ3n) is 5.12. The minimum atomic E-state index is -4.59. The van der Waals surface area contributed by atoms with Gasteiger partial charge in [-0.25, -0.2) is 0 Å². The fraction of sp³-hybridized carbons (Fsp3) is 0.450. The molecular weight excluding hydrogens is 357 g/mol. The quantitative estimate of drug-likeness (QED) is 0.763. The number of Topliss-reactive ketones (excluding diaryl/α,β-unsaturated/α-hetero) is 2. The second-order valence-corrected chi connectivity index (χ2v) is 7.39. The van der Waals surface area contributed by atoms with E-state index in [1.54, 1.807) is 0 Å². The second kappa shape index (κ2) is 6.62. The summed E-state index contributed by atoms with van der Waals surface area (Å²) in [6.07, 6.45) is -3.49. The first-order chi connectivity index (χ1) is 12.5. The van der Waals surface area contributed by atoms with E-state index in [-0.39, 0.29) is 30.0 Å². The molecule has 0 aliphatic heterocycles. The average molecular weight is 378 g/mol. The summed E-state index contributed by atoms with van der Waals surface area (Å²) < 4.78 is 40.6. The normalized spacial score (nSPS) is 20.6. The third-order valence-corrected chi connectivity index (χ3v) is 5.12. The van der Waals surface area contributed by atoms with Gasteiger partial charge in [-0.2, -0.15) is 18.3 Å². The molecule has 3 rings (SSSR count). The SMILES string of the molecule is Cc1cc(C)c(C2C(=O)CC(Cc3cn(C)nc3C(F)(F)F)C2=O)c(C)c1. The fourth-order valence-electron chi connectivity index (χ4n) is 4.17. The van der Waals surface area contributed by atoms with Gasteiger partial charge in [0.05, 0.1) is 0 Å². The Morgan fingerprint density at radius 2 is 1.74 bits per heavy atom. The number of carbonyl (C=O) groups excluding carboxylic acids is 2. The van der Waals surface area contributed by atoms with E-state index < -0.39 is 23.7 Å². The third kappa shape index (κ3) is 3.55. The van der Waals surface area contributed by atoms with Crippen molar-refractivity contribution in [2.75, 3.05) is 0 Å². The van der Waals surface area contributed by atoms with Crippen LogP contribution in [-0.4, -0.2) is 21.3 Å². The molecule has 0 spiro atoms. The number of aryl methyl sites for hydroxylation is 4. The van der Waals surface area contributed by atoms with Crippen LogP contribution in [0.15, 0.2) is 18.3 Å². The zero-order valence-electron chi connectivity index (χ0n) is 15.6. The topological polar surface area (TPSA) is 52.0 Å². The molecule has 27 heavy (non-hydrogen) atoms. The summed E-state index contributed by atoms with van der Waals surface area (Å²) in [6.45, 7) is 5.64. The standard InChI is InChI=1S/C20H21F3N2O2/c1-10-5-11(2)16(12(3)6-10)17-15(26)8-13(18(17)27)7-14-9-25(4)24-19(14)20(21,22)23/h5-6,9,13,17H,7-8H2,1-4H3. The van der Waals surface area contributed by atoms with Crippen LogP contribution in [0.3, 0.4) is 0 Å². The van der Waals surface area contributed by atoms with Crippen LogP contribution in [0, 0.1) is 26.7 Å². The highest BCUT2D eigenvalue weighted by molar-refractivity contribution is 6.15. The molecule has 4 nitrogen and oxygen atoms in total. The van der Waals surface area contributed by atoms with Crippen molar-refractivity contribution >= 4 is 11.6 Å². The second-order valence-electron chi connectivity index (χ2n) is 7.39. The van der Waals surface area contributed by atoms with Crippen molar-refractivity contribution in [2.45, 2.75) is 45.7 Å². The van der Waals surface area contributed by atoms with Crippen molar-refractivity contribution in [3.8, 4) is 0 Å². The van der Waals surface area contributed by atoms with Gasteiger partial charge in [-0.05, 0) is 43.9 Å². The minimum Gasteiger partial charge on any atom is -0.298 e. The summed E-state index contributed by atoms with van der Waals surface area (Å²) >= 11 is 0. The number of rotatable bonds is 3. The Bertz CT molecular complexity index is 905. The van der Waals surface area contributed by atoms with Gasteiger partial charge in [0.1, 0.15) is 11.7 Å². The maximum absolute atomic E-state index is 13.2. The molecule has 1 aromatic heterocycles. The predicted octanol–water partition coefficient (Wildman–Crippen LogP) is 3.85. The highest BCUT2D eigenvalue weighted by Gasteiger charge is 2.45. The minimum absolute atomic E-state index is 0.0392. The van der Waals surface area contributed by atoms with Gasteiger partial charge in [0.15, 0.2) is 11.5 Å². The van der Waals surface area contributed by atoms with Gasteiger partial charge in [-0.3, -0.25) is 14.3 Å². The maximum Gasteiger partial charge on any atom is 0.435 e. The Morgan fingerprint density at radius 3 is 2.30 bits per heavy atom. The van der Waals surface area contributed by atoms with Crippen LogP contribution in [0.2, 0.25) is 0 Å². The molecular formula is C20H21F3N2O2. The van der Waals surface area contributed by atoms with Gasteiger partial charge in [0.25, 0.3) is 0 Å². The number of benzene rings is 1. The molecule has 0 radical (unpaired) electrons. The van der Waals surface area contributed by atoms with Crippen molar-refractivity contribution < 1.29 is 22.8 Å². The lowest BCUT2D eigenvalue weighted by Crippen LogP contribution is -2.19. The molecule has 2 unspecified atom stereocenters. The number of alkyl halides is 3. The summed E-state index contributed by atoms with van der Waals surface area (Å²) in [6, 6.07) is 3.83. The summed E-state index contributed by atoms with van der Waals surface area (Å²) in [4.78, 5) is 25.5. The van der Waals surface area contributed by atoms with Gasteiger partial charge in [-0.15, -0.1) is 0 Å². The molecule has 144 valence electrons. The first-order valence-corrected chi connectivity index (χ1v) is 8.73. The van der Waals surface area contributed by atoms with Crippen LogP contribution >= 0.6 is 0 Å². The van der Waals surface area contributed by atoms with E-state index in [0.29, 0.717) is 5.56 Å². The van der Waals surface area contributed by atoms with Crippen LogP contribution in [0.25, 0.3) is 0 Å². The van der Waals surface area contributed by atoms with E-state index >= 15 is 0 Å². The first kappa shape index (κ1) is 19.3. The van der Waals surface area contributed by atoms with Crippen LogP contribution in [0.1, 0.15) is 45.8 Å². The van der Waals surface area contributed by atoms with Gasteiger partial charge in [0.2, 0.25) is 0 Å². The highest BCUT2D eigenvalue weighted by atomic mass is 19.4. The lowest BCUT2D eigenvalue weighted by Gasteiger charge is -2.16. The van der Waals surface area contributed by atoms with Crippen LogP contribution < -0.4 is 0 Å².